The second-order valence-electron chi connectivity index (χ2n) is 5.55. The summed E-state index contributed by atoms with van der Waals surface area (Å²) >= 11 is 3.57. The van der Waals surface area contributed by atoms with E-state index in [9.17, 15) is 9.90 Å². The number of para-hydroxylation sites is 1. The molecule has 0 saturated heterocycles. The van der Waals surface area contributed by atoms with E-state index in [1.165, 1.54) is 0 Å². The average molecular weight is 394 g/mol. The molecule has 1 N–H and O–H groups in total. The van der Waals surface area contributed by atoms with Crippen LogP contribution in [0.3, 0.4) is 0 Å². The fourth-order valence-electron chi connectivity index (χ4n) is 2.84. The van der Waals surface area contributed by atoms with Gasteiger partial charge in [0.15, 0.2) is 0 Å². The summed E-state index contributed by atoms with van der Waals surface area (Å²) < 4.78 is 6.84. The second-order valence-corrected chi connectivity index (χ2v) is 6.41. The molecule has 122 valence electrons. The molecule has 0 saturated carbocycles. The number of benzene rings is 3. The molecule has 0 aliphatic carbocycles. The second kappa shape index (κ2) is 6.18. The van der Waals surface area contributed by atoms with Crippen molar-refractivity contribution in [2.24, 2.45) is 0 Å². The van der Waals surface area contributed by atoms with Gasteiger partial charge in [-0.1, -0.05) is 40.2 Å². The van der Waals surface area contributed by atoms with Gasteiger partial charge >= 0.3 is 5.97 Å². The summed E-state index contributed by atoms with van der Waals surface area (Å²) in [5.41, 5.74) is 0.244. The Hall–Kier alpha value is -2.92. The maximum absolute atomic E-state index is 11.3. The summed E-state index contributed by atoms with van der Waals surface area (Å²) in [7, 11) is 0. The topological polar surface area (TPSA) is 59.4 Å². The zero-order chi connectivity index (χ0) is 17.4. The molecular weight excluding hydrogens is 382 g/mol. The van der Waals surface area contributed by atoms with Crippen molar-refractivity contribution in [1.82, 2.24) is 4.98 Å². The van der Waals surface area contributed by atoms with Crippen molar-refractivity contribution in [2.45, 2.75) is 0 Å². The highest BCUT2D eigenvalue weighted by molar-refractivity contribution is 9.10. The van der Waals surface area contributed by atoms with Crippen LogP contribution in [-0.2, 0) is 0 Å². The first kappa shape index (κ1) is 15.6. The van der Waals surface area contributed by atoms with Gasteiger partial charge in [-0.15, -0.1) is 0 Å². The molecule has 4 rings (SSSR count). The molecule has 0 atom stereocenters. The Morgan fingerprint density at radius 2 is 1.80 bits per heavy atom. The molecule has 0 bridgehead atoms. The lowest BCUT2D eigenvalue weighted by atomic mass is 10.0. The van der Waals surface area contributed by atoms with E-state index < -0.39 is 5.97 Å². The van der Waals surface area contributed by atoms with E-state index in [0.29, 0.717) is 11.6 Å². The first-order valence-electron chi connectivity index (χ1n) is 7.60. The standard InChI is InChI=1S/C20H12BrNO3/c21-17-11-13-10-12(20(23)24)6-7-15(13)18-16(17)8-9-22-19(18)25-14-4-2-1-3-5-14/h1-11H,(H,23,24). The molecule has 4 aromatic rings. The van der Waals surface area contributed by atoms with Crippen molar-refractivity contribution in [2.75, 3.05) is 0 Å². The van der Waals surface area contributed by atoms with Crippen LogP contribution in [-0.4, -0.2) is 16.1 Å². The molecule has 0 amide bonds. The number of carboxylic acids is 1. The third-order valence-electron chi connectivity index (χ3n) is 3.98. The van der Waals surface area contributed by atoms with E-state index in [-0.39, 0.29) is 5.56 Å². The molecule has 1 heterocycles. The third-order valence-corrected chi connectivity index (χ3v) is 4.64. The van der Waals surface area contributed by atoms with Gasteiger partial charge in [-0.3, -0.25) is 0 Å². The van der Waals surface area contributed by atoms with Crippen LogP contribution < -0.4 is 4.74 Å². The van der Waals surface area contributed by atoms with Crippen molar-refractivity contribution >= 4 is 43.4 Å². The highest BCUT2D eigenvalue weighted by atomic mass is 79.9. The summed E-state index contributed by atoms with van der Waals surface area (Å²) in [5, 5.41) is 12.7. The van der Waals surface area contributed by atoms with Crippen molar-refractivity contribution in [3.8, 4) is 11.6 Å². The number of halogens is 1. The predicted molar refractivity (Wildman–Crippen MR) is 100 cm³/mol. The Morgan fingerprint density at radius 3 is 2.56 bits per heavy atom. The minimum absolute atomic E-state index is 0.244. The molecule has 0 unspecified atom stereocenters. The highest BCUT2D eigenvalue weighted by Gasteiger charge is 2.14. The van der Waals surface area contributed by atoms with Gasteiger partial charge in [0.05, 0.1) is 10.9 Å². The number of ether oxygens (including phenoxy) is 1. The van der Waals surface area contributed by atoms with E-state index in [4.69, 9.17) is 4.74 Å². The Bertz CT molecular complexity index is 1110. The van der Waals surface area contributed by atoms with Crippen molar-refractivity contribution in [3.05, 3.63) is 76.9 Å². The monoisotopic (exact) mass is 393 g/mol. The molecule has 0 radical (unpaired) electrons. The predicted octanol–water partition coefficient (Wildman–Crippen LogP) is 5.64. The van der Waals surface area contributed by atoms with Crippen molar-refractivity contribution < 1.29 is 14.6 Å². The normalized spacial score (nSPS) is 10.9. The summed E-state index contributed by atoms with van der Waals surface area (Å²) in [6.07, 6.45) is 1.70. The fourth-order valence-corrected chi connectivity index (χ4v) is 3.41. The van der Waals surface area contributed by atoms with Gasteiger partial charge in [-0.05, 0) is 47.2 Å². The largest absolute Gasteiger partial charge is 0.478 e. The van der Waals surface area contributed by atoms with E-state index in [1.807, 2.05) is 42.5 Å². The summed E-state index contributed by atoms with van der Waals surface area (Å²) in [5.74, 6) is 0.223. The first-order valence-corrected chi connectivity index (χ1v) is 8.40. The lowest BCUT2D eigenvalue weighted by Crippen LogP contribution is -1.96. The van der Waals surface area contributed by atoms with Gasteiger partial charge < -0.3 is 9.84 Å². The average Bonchev–Trinajstić information content (AvgIpc) is 2.62. The number of nitrogens with zero attached hydrogens (tertiary/aromatic N) is 1. The molecule has 1 aromatic heterocycles. The van der Waals surface area contributed by atoms with Gasteiger partial charge in [0.1, 0.15) is 5.75 Å². The van der Waals surface area contributed by atoms with Crippen LogP contribution in [0, 0.1) is 0 Å². The van der Waals surface area contributed by atoms with Gasteiger partial charge in [0.25, 0.3) is 0 Å². The fraction of sp³-hybridized carbons (Fsp3) is 0. The number of hydrogen-bond donors (Lipinski definition) is 1. The molecule has 3 aromatic carbocycles. The summed E-state index contributed by atoms with van der Waals surface area (Å²) in [6, 6.07) is 18.3. The van der Waals surface area contributed by atoms with E-state index in [0.717, 1.165) is 26.0 Å². The quantitative estimate of drug-likeness (QED) is 0.457. The van der Waals surface area contributed by atoms with Crippen molar-refractivity contribution in [1.29, 1.82) is 0 Å². The number of aromatic carboxylic acids is 1. The Labute approximate surface area is 151 Å². The number of carbonyl (C=O) groups is 1. The molecule has 0 aliphatic rings. The lowest BCUT2D eigenvalue weighted by molar-refractivity contribution is 0.0697. The molecule has 5 heteroatoms. The third kappa shape index (κ3) is 2.83. The number of carboxylic acid groups (broad SMARTS) is 1. The number of fused-ring (bicyclic) bond motifs is 3. The molecule has 0 fully saturated rings. The lowest BCUT2D eigenvalue weighted by Gasteiger charge is -2.12. The zero-order valence-electron chi connectivity index (χ0n) is 12.9. The number of hydrogen-bond acceptors (Lipinski definition) is 3. The number of rotatable bonds is 3. The van der Waals surface area contributed by atoms with Crippen molar-refractivity contribution in [3.63, 3.8) is 0 Å². The molecule has 0 spiro atoms. The molecule has 4 nitrogen and oxygen atoms in total. The van der Waals surface area contributed by atoms with Gasteiger partial charge in [-0.25, -0.2) is 9.78 Å². The molecular formula is C20H12BrNO3. The van der Waals surface area contributed by atoms with Crippen LogP contribution in [0.15, 0.2) is 71.3 Å². The smallest absolute Gasteiger partial charge is 0.335 e. The van der Waals surface area contributed by atoms with E-state index in [1.54, 1.807) is 24.4 Å². The summed E-state index contributed by atoms with van der Waals surface area (Å²) in [4.78, 5) is 15.6. The van der Waals surface area contributed by atoms with E-state index >= 15 is 0 Å². The summed E-state index contributed by atoms with van der Waals surface area (Å²) in [6.45, 7) is 0. The van der Waals surface area contributed by atoms with Crippen LogP contribution in [0.5, 0.6) is 11.6 Å². The minimum atomic E-state index is -0.954. The Morgan fingerprint density at radius 1 is 1.00 bits per heavy atom. The number of aromatic nitrogens is 1. The first-order chi connectivity index (χ1) is 12.1. The van der Waals surface area contributed by atoms with Crippen LogP contribution in [0.4, 0.5) is 0 Å². The number of pyridine rings is 1. The van der Waals surface area contributed by atoms with Crippen LogP contribution in [0.2, 0.25) is 0 Å². The van der Waals surface area contributed by atoms with Crippen LogP contribution >= 0.6 is 15.9 Å². The van der Waals surface area contributed by atoms with Crippen LogP contribution in [0.25, 0.3) is 21.5 Å². The maximum Gasteiger partial charge on any atom is 0.335 e. The van der Waals surface area contributed by atoms with Gasteiger partial charge in [0.2, 0.25) is 5.88 Å². The van der Waals surface area contributed by atoms with Crippen LogP contribution in [0.1, 0.15) is 10.4 Å². The molecule has 0 aliphatic heterocycles. The molecule has 25 heavy (non-hydrogen) atoms. The SMILES string of the molecule is O=C(O)c1ccc2c(c1)cc(Br)c1ccnc(Oc3ccccc3)c12. The Kier molecular flexibility index (Phi) is 3.86. The Balaban J connectivity index is 2.00. The maximum atomic E-state index is 11.3. The van der Waals surface area contributed by atoms with E-state index in [2.05, 4.69) is 20.9 Å². The van der Waals surface area contributed by atoms with Gasteiger partial charge in [0, 0.05) is 16.1 Å². The zero-order valence-corrected chi connectivity index (χ0v) is 14.5. The van der Waals surface area contributed by atoms with Gasteiger partial charge in [-0.2, -0.15) is 0 Å². The minimum Gasteiger partial charge on any atom is -0.478 e. The highest BCUT2D eigenvalue weighted by Crippen LogP contribution is 2.38.